The number of benzene rings is 2. The normalized spacial score (nSPS) is 17.3. The predicted molar refractivity (Wildman–Crippen MR) is 85.9 cm³/mol. The third-order valence-electron chi connectivity index (χ3n) is 4.07. The maximum atomic E-state index is 12.4. The second-order valence-electron chi connectivity index (χ2n) is 5.71. The van der Waals surface area contributed by atoms with Crippen molar-refractivity contribution in [3.05, 3.63) is 69.7 Å². The number of hydrogen-bond acceptors (Lipinski definition) is 2. The summed E-state index contributed by atoms with van der Waals surface area (Å²) in [4.78, 5) is 12.4. The van der Waals surface area contributed by atoms with E-state index in [4.69, 9.17) is 17.3 Å². The number of fused-ring (bicyclic) bond motifs is 1. The molecule has 0 aromatic heterocycles. The Morgan fingerprint density at radius 2 is 1.90 bits per heavy atom. The molecule has 3 rings (SSSR count). The van der Waals surface area contributed by atoms with Gasteiger partial charge in [-0.2, -0.15) is 0 Å². The summed E-state index contributed by atoms with van der Waals surface area (Å²) in [7, 11) is 0. The van der Waals surface area contributed by atoms with Crippen LogP contribution in [-0.4, -0.2) is 11.8 Å². The predicted octanol–water partition coefficient (Wildman–Crippen LogP) is 3.58. The minimum Gasteiger partial charge on any atom is -0.327 e. The summed E-state index contributed by atoms with van der Waals surface area (Å²) in [5, 5.41) is 0.691. The molecule has 21 heavy (non-hydrogen) atoms. The highest BCUT2D eigenvalue weighted by Gasteiger charge is 2.17. The molecule has 108 valence electrons. The molecule has 0 spiro atoms. The van der Waals surface area contributed by atoms with Crippen molar-refractivity contribution in [2.75, 3.05) is 0 Å². The third-order valence-corrected chi connectivity index (χ3v) is 4.32. The number of carbonyl (C=O) groups is 1. The first kappa shape index (κ1) is 14.3. The van der Waals surface area contributed by atoms with Crippen molar-refractivity contribution in [3.8, 4) is 0 Å². The second kappa shape index (κ2) is 6.00. The Morgan fingerprint density at radius 1 is 1.14 bits per heavy atom. The summed E-state index contributed by atoms with van der Waals surface area (Å²) in [5.74, 6) is 0.148. The van der Waals surface area contributed by atoms with Crippen LogP contribution in [0.25, 0.3) is 0 Å². The van der Waals surface area contributed by atoms with Crippen molar-refractivity contribution in [1.82, 2.24) is 0 Å². The Balaban J connectivity index is 1.77. The average molecular weight is 300 g/mol. The van der Waals surface area contributed by atoms with Crippen LogP contribution in [0.15, 0.2) is 42.5 Å². The fourth-order valence-corrected chi connectivity index (χ4v) is 2.97. The average Bonchev–Trinajstić information content (AvgIpc) is 2.49. The van der Waals surface area contributed by atoms with Crippen LogP contribution in [-0.2, 0) is 19.3 Å². The number of ketones is 1. The number of halogens is 1. The molecule has 2 aromatic carbocycles. The van der Waals surface area contributed by atoms with E-state index in [0.29, 0.717) is 11.4 Å². The molecule has 2 nitrogen and oxygen atoms in total. The van der Waals surface area contributed by atoms with Crippen molar-refractivity contribution >= 4 is 17.4 Å². The van der Waals surface area contributed by atoms with Crippen LogP contribution in [0.4, 0.5) is 0 Å². The summed E-state index contributed by atoms with van der Waals surface area (Å²) < 4.78 is 0. The molecule has 1 aliphatic carbocycles. The zero-order valence-electron chi connectivity index (χ0n) is 11.8. The Kier molecular flexibility index (Phi) is 4.09. The molecule has 0 radical (unpaired) electrons. The fourth-order valence-electron chi connectivity index (χ4n) is 2.85. The maximum absolute atomic E-state index is 12.4. The zero-order chi connectivity index (χ0) is 14.8. The molecule has 0 fully saturated rings. The first-order valence-electron chi connectivity index (χ1n) is 7.27. The number of Topliss-reactive ketones (excluding diaryl/α,β-unsaturated/α-hetero) is 1. The molecular weight excluding hydrogens is 282 g/mol. The summed E-state index contributed by atoms with van der Waals surface area (Å²) >= 11 is 5.86. The van der Waals surface area contributed by atoms with Gasteiger partial charge in [0.1, 0.15) is 0 Å². The van der Waals surface area contributed by atoms with Crippen molar-refractivity contribution < 1.29 is 4.79 Å². The van der Waals surface area contributed by atoms with E-state index >= 15 is 0 Å². The topological polar surface area (TPSA) is 43.1 Å². The number of aryl methyl sites for hydroxylation is 1. The van der Waals surface area contributed by atoms with Crippen molar-refractivity contribution in [2.24, 2.45) is 5.73 Å². The molecule has 2 N–H and O–H groups in total. The zero-order valence-corrected chi connectivity index (χ0v) is 12.6. The minimum absolute atomic E-state index is 0.148. The standard InChI is InChI=1S/C18H18ClNO/c19-16-6-1-12(2-7-16)9-18(21)15-4-3-14-11-17(20)8-5-13(14)10-15/h1-4,6-7,10,17H,5,8-9,11,20H2. The fraction of sp³-hybridized carbons (Fsp3) is 0.278. The van der Waals surface area contributed by atoms with Crippen LogP contribution in [0.5, 0.6) is 0 Å². The Morgan fingerprint density at radius 3 is 2.67 bits per heavy atom. The lowest BCUT2D eigenvalue weighted by Crippen LogP contribution is -2.28. The number of rotatable bonds is 3. The van der Waals surface area contributed by atoms with E-state index in [1.807, 2.05) is 36.4 Å². The SMILES string of the molecule is NC1CCc2cc(C(=O)Cc3ccc(Cl)cc3)ccc2C1. The van der Waals surface area contributed by atoms with Gasteiger partial charge in [0.05, 0.1) is 0 Å². The molecule has 1 unspecified atom stereocenters. The van der Waals surface area contributed by atoms with Gasteiger partial charge in [-0.3, -0.25) is 4.79 Å². The lowest BCUT2D eigenvalue weighted by atomic mass is 9.87. The van der Waals surface area contributed by atoms with E-state index in [9.17, 15) is 4.79 Å². The second-order valence-corrected chi connectivity index (χ2v) is 6.15. The largest absolute Gasteiger partial charge is 0.327 e. The highest BCUT2D eigenvalue weighted by molar-refractivity contribution is 6.30. The van der Waals surface area contributed by atoms with Crippen LogP contribution in [0.1, 0.15) is 33.5 Å². The number of carbonyl (C=O) groups excluding carboxylic acids is 1. The molecule has 3 heteroatoms. The number of hydrogen-bond donors (Lipinski definition) is 1. The lowest BCUT2D eigenvalue weighted by molar-refractivity contribution is 0.0993. The quantitative estimate of drug-likeness (QED) is 0.880. The van der Waals surface area contributed by atoms with Crippen LogP contribution in [0.3, 0.4) is 0 Å². The van der Waals surface area contributed by atoms with E-state index in [-0.39, 0.29) is 11.8 Å². The molecule has 1 aliphatic rings. The summed E-state index contributed by atoms with van der Waals surface area (Å²) in [6.45, 7) is 0. The van der Waals surface area contributed by atoms with Gasteiger partial charge >= 0.3 is 0 Å². The highest BCUT2D eigenvalue weighted by Crippen LogP contribution is 2.22. The van der Waals surface area contributed by atoms with Gasteiger partial charge < -0.3 is 5.73 Å². The highest BCUT2D eigenvalue weighted by atomic mass is 35.5. The van der Waals surface area contributed by atoms with E-state index in [1.165, 1.54) is 11.1 Å². The van der Waals surface area contributed by atoms with Crippen molar-refractivity contribution in [2.45, 2.75) is 31.7 Å². The van der Waals surface area contributed by atoms with Gasteiger partial charge in [0.25, 0.3) is 0 Å². The third kappa shape index (κ3) is 3.34. The van der Waals surface area contributed by atoms with Gasteiger partial charge in [0.2, 0.25) is 0 Å². The van der Waals surface area contributed by atoms with E-state index in [0.717, 1.165) is 30.4 Å². The van der Waals surface area contributed by atoms with Crippen molar-refractivity contribution in [1.29, 1.82) is 0 Å². The smallest absolute Gasteiger partial charge is 0.167 e. The first-order chi connectivity index (χ1) is 10.1. The Labute approximate surface area is 129 Å². The van der Waals surface area contributed by atoms with Gasteiger partial charge in [0, 0.05) is 23.0 Å². The molecule has 0 saturated carbocycles. The number of nitrogens with two attached hydrogens (primary N) is 1. The van der Waals surface area contributed by atoms with E-state index in [2.05, 4.69) is 6.07 Å². The van der Waals surface area contributed by atoms with E-state index < -0.39 is 0 Å². The van der Waals surface area contributed by atoms with Crippen LogP contribution in [0.2, 0.25) is 5.02 Å². The summed E-state index contributed by atoms with van der Waals surface area (Å²) in [5.41, 5.74) is 10.3. The molecular formula is C18H18ClNO. The maximum Gasteiger partial charge on any atom is 0.167 e. The molecule has 0 bridgehead atoms. The Hall–Kier alpha value is -1.64. The summed E-state index contributed by atoms with van der Waals surface area (Å²) in [6, 6.07) is 13.7. The van der Waals surface area contributed by atoms with Gasteiger partial charge in [-0.05, 0) is 54.2 Å². The Bertz CT molecular complexity index is 663. The molecule has 1 atom stereocenters. The monoisotopic (exact) mass is 299 g/mol. The van der Waals surface area contributed by atoms with Crippen LogP contribution >= 0.6 is 11.6 Å². The first-order valence-corrected chi connectivity index (χ1v) is 7.64. The summed E-state index contributed by atoms with van der Waals surface area (Å²) in [6.07, 6.45) is 3.30. The van der Waals surface area contributed by atoms with E-state index in [1.54, 1.807) is 0 Å². The minimum atomic E-state index is 0.148. The van der Waals surface area contributed by atoms with Gasteiger partial charge in [-0.25, -0.2) is 0 Å². The molecule has 0 amide bonds. The van der Waals surface area contributed by atoms with Crippen molar-refractivity contribution in [3.63, 3.8) is 0 Å². The molecule has 0 heterocycles. The molecule has 2 aromatic rings. The van der Waals surface area contributed by atoms with Gasteiger partial charge in [0.15, 0.2) is 5.78 Å². The van der Waals surface area contributed by atoms with Crippen LogP contribution in [0, 0.1) is 0 Å². The van der Waals surface area contributed by atoms with Gasteiger partial charge in [-0.1, -0.05) is 35.9 Å². The van der Waals surface area contributed by atoms with Gasteiger partial charge in [-0.15, -0.1) is 0 Å². The lowest BCUT2D eigenvalue weighted by Gasteiger charge is -2.21. The molecule has 0 saturated heterocycles. The van der Waals surface area contributed by atoms with Crippen LogP contribution < -0.4 is 5.73 Å². The molecule has 0 aliphatic heterocycles.